The zero-order chi connectivity index (χ0) is 7.84. The number of ketones is 1. The largest absolute Gasteiger partial charge is 0.293 e. The van der Waals surface area contributed by atoms with Crippen LogP contribution in [0.4, 0.5) is 0 Å². The highest BCUT2D eigenvalue weighted by molar-refractivity contribution is 8.04. The van der Waals surface area contributed by atoms with Crippen molar-refractivity contribution in [2.45, 2.75) is 13.3 Å². The van der Waals surface area contributed by atoms with Crippen LogP contribution in [0.5, 0.6) is 0 Å². The van der Waals surface area contributed by atoms with Crippen LogP contribution < -0.4 is 0 Å². The molecule has 1 saturated heterocycles. The molecule has 1 fully saturated rings. The minimum atomic E-state index is 0.313. The van der Waals surface area contributed by atoms with E-state index < -0.39 is 0 Å². The molecule has 0 radical (unpaired) electrons. The molecule has 0 aromatic carbocycles. The summed E-state index contributed by atoms with van der Waals surface area (Å²) in [7, 11) is 0. The van der Waals surface area contributed by atoms with Gasteiger partial charge in [-0.1, -0.05) is 19.1 Å². The zero-order valence-electron chi connectivity index (χ0n) is 6.46. The number of carbonyl (C=O) groups is 1. The molecule has 1 heterocycles. The van der Waals surface area contributed by atoms with E-state index in [0.29, 0.717) is 17.5 Å². The first-order valence-electron chi connectivity index (χ1n) is 3.86. The summed E-state index contributed by atoms with van der Waals surface area (Å²) in [5.74, 6) is 1.52. The van der Waals surface area contributed by atoms with E-state index in [1.807, 2.05) is 0 Å². The third kappa shape index (κ3) is 1.16. The molecule has 0 amide bonds. The van der Waals surface area contributed by atoms with E-state index in [2.05, 4.69) is 19.1 Å². The first-order valence-corrected chi connectivity index (χ1v) is 4.84. The zero-order valence-corrected chi connectivity index (χ0v) is 7.28. The number of Topliss-reactive ketones (excluding diaryl/α,β-unsaturated/α-hetero) is 1. The van der Waals surface area contributed by atoms with E-state index in [1.54, 1.807) is 11.8 Å². The van der Waals surface area contributed by atoms with E-state index in [-0.39, 0.29) is 0 Å². The summed E-state index contributed by atoms with van der Waals surface area (Å²) < 4.78 is 0. The predicted molar refractivity (Wildman–Crippen MR) is 47.4 cm³/mol. The molecule has 58 valence electrons. The maximum Gasteiger partial charge on any atom is 0.173 e. The van der Waals surface area contributed by atoms with Gasteiger partial charge in [0.1, 0.15) is 0 Å². The smallest absolute Gasteiger partial charge is 0.173 e. The molecule has 0 bridgehead atoms. The SMILES string of the molecule is CC1C=C2C(=O)CSC2=CC1. The summed E-state index contributed by atoms with van der Waals surface area (Å²) in [6.07, 6.45) is 5.40. The molecule has 2 rings (SSSR count). The van der Waals surface area contributed by atoms with Gasteiger partial charge < -0.3 is 0 Å². The quantitative estimate of drug-likeness (QED) is 0.548. The Kier molecular flexibility index (Phi) is 1.64. The average molecular weight is 166 g/mol. The molecule has 11 heavy (non-hydrogen) atoms. The van der Waals surface area contributed by atoms with E-state index in [1.165, 1.54) is 4.91 Å². The molecule has 1 atom stereocenters. The van der Waals surface area contributed by atoms with Crippen LogP contribution in [0.1, 0.15) is 13.3 Å². The molecule has 0 N–H and O–H groups in total. The van der Waals surface area contributed by atoms with Crippen LogP contribution in [0, 0.1) is 5.92 Å². The van der Waals surface area contributed by atoms with Crippen molar-refractivity contribution in [3.05, 3.63) is 22.6 Å². The fraction of sp³-hybridized carbons (Fsp3) is 0.444. The monoisotopic (exact) mass is 166 g/mol. The van der Waals surface area contributed by atoms with Gasteiger partial charge in [-0.15, -0.1) is 11.8 Å². The van der Waals surface area contributed by atoms with E-state index >= 15 is 0 Å². The van der Waals surface area contributed by atoms with Crippen molar-refractivity contribution < 1.29 is 4.79 Å². The molecule has 0 aromatic rings. The Hall–Kier alpha value is -0.500. The summed E-state index contributed by atoms with van der Waals surface area (Å²) in [6, 6.07) is 0. The number of allylic oxidation sites excluding steroid dienone is 3. The minimum Gasteiger partial charge on any atom is -0.293 e. The van der Waals surface area contributed by atoms with Gasteiger partial charge in [0.15, 0.2) is 5.78 Å². The first-order chi connectivity index (χ1) is 5.27. The van der Waals surface area contributed by atoms with E-state index in [4.69, 9.17) is 0 Å². The molecule has 0 saturated carbocycles. The highest BCUT2D eigenvalue weighted by Crippen LogP contribution is 2.37. The Balaban J connectivity index is 2.37. The van der Waals surface area contributed by atoms with Gasteiger partial charge in [-0.25, -0.2) is 0 Å². The predicted octanol–water partition coefficient (Wildman–Crippen LogP) is 2.15. The summed E-state index contributed by atoms with van der Waals surface area (Å²) >= 11 is 1.68. The molecular weight excluding hydrogens is 156 g/mol. The molecular formula is C9H10OS. The van der Waals surface area contributed by atoms with Crippen LogP contribution >= 0.6 is 11.8 Å². The molecule has 0 spiro atoms. The summed E-state index contributed by atoms with van der Waals surface area (Å²) in [4.78, 5) is 12.4. The van der Waals surface area contributed by atoms with Crippen molar-refractivity contribution in [3.8, 4) is 0 Å². The lowest BCUT2D eigenvalue weighted by molar-refractivity contribution is -0.112. The molecule has 0 aromatic heterocycles. The van der Waals surface area contributed by atoms with Crippen molar-refractivity contribution in [2.75, 3.05) is 5.75 Å². The van der Waals surface area contributed by atoms with Crippen molar-refractivity contribution in [3.63, 3.8) is 0 Å². The van der Waals surface area contributed by atoms with Gasteiger partial charge in [0.05, 0.1) is 5.75 Å². The van der Waals surface area contributed by atoms with E-state index in [9.17, 15) is 4.79 Å². The number of thioether (sulfide) groups is 1. The normalized spacial score (nSPS) is 29.5. The molecule has 2 aliphatic rings. The molecule has 2 heteroatoms. The second-order valence-electron chi connectivity index (χ2n) is 3.07. The summed E-state index contributed by atoms with van der Waals surface area (Å²) in [5, 5.41) is 0. The first kappa shape index (κ1) is 7.17. The number of fused-ring (bicyclic) bond motifs is 1. The van der Waals surface area contributed by atoms with Gasteiger partial charge in [0.25, 0.3) is 0 Å². The third-order valence-electron chi connectivity index (χ3n) is 2.05. The molecule has 1 unspecified atom stereocenters. The second kappa shape index (κ2) is 2.52. The number of carbonyl (C=O) groups excluding carboxylic acids is 1. The van der Waals surface area contributed by atoms with E-state index in [0.717, 1.165) is 12.0 Å². The Morgan fingerprint density at radius 1 is 1.64 bits per heavy atom. The van der Waals surface area contributed by atoms with Gasteiger partial charge in [-0.3, -0.25) is 4.79 Å². The van der Waals surface area contributed by atoms with Crippen molar-refractivity contribution in [1.29, 1.82) is 0 Å². The molecule has 1 aliphatic heterocycles. The number of rotatable bonds is 0. The summed E-state index contributed by atoms with van der Waals surface area (Å²) in [6.45, 7) is 2.15. The van der Waals surface area contributed by atoms with Crippen molar-refractivity contribution >= 4 is 17.5 Å². The average Bonchev–Trinajstić information content (AvgIpc) is 2.33. The third-order valence-corrected chi connectivity index (χ3v) is 3.15. The fourth-order valence-electron chi connectivity index (χ4n) is 1.43. The van der Waals surface area contributed by atoms with Gasteiger partial charge >= 0.3 is 0 Å². The van der Waals surface area contributed by atoms with Crippen LogP contribution in [-0.4, -0.2) is 11.5 Å². The van der Waals surface area contributed by atoms with Crippen LogP contribution in [0.3, 0.4) is 0 Å². The lowest BCUT2D eigenvalue weighted by Gasteiger charge is -2.10. The highest BCUT2D eigenvalue weighted by atomic mass is 32.2. The molecule has 1 aliphatic carbocycles. The minimum absolute atomic E-state index is 0.313. The van der Waals surface area contributed by atoms with Crippen molar-refractivity contribution in [1.82, 2.24) is 0 Å². The van der Waals surface area contributed by atoms with Gasteiger partial charge in [-0.05, 0) is 12.3 Å². The van der Waals surface area contributed by atoms with Crippen LogP contribution in [0.25, 0.3) is 0 Å². The summed E-state index contributed by atoms with van der Waals surface area (Å²) in [5.41, 5.74) is 0.980. The highest BCUT2D eigenvalue weighted by Gasteiger charge is 2.25. The topological polar surface area (TPSA) is 17.1 Å². The lowest BCUT2D eigenvalue weighted by Crippen LogP contribution is -2.03. The second-order valence-corrected chi connectivity index (χ2v) is 4.09. The Bertz CT molecular complexity index is 263. The number of hydrogen-bond acceptors (Lipinski definition) is 2. The van der Waals surface area contributed by atoms with Crippen LogP contribution in [-0.2, 0) is 4.79 Å². The maximum absolute atomic E-state index is 11.2. The fourth-order valence-corrected chi connectivity index (χ4v) is 2.42. The Labute approximate surface area is 70.6 Å². The van der Waals surface area contributed by atoms with Crippen molar-refractivity contribution in [2.24, 2.45) is 5.92 Å². The lowest BCUT2D eigenvalue weighted by atomic mass is 9.96. The standard InChI is InChI=1S/C9H10OS/c1-6-2-3-9-7(4-6)8(10)5-11-9/h3-4,6H,2,5H2,1H3. The van der Waals surface area contributed by atoms with Crippen LogP contribution in [0.2, 0.25) is 0 Å². The maximum atomic E-state index is 11.2. The van der Waals surface area contributed by atoms with Gasteiger partial charge in [0, 0.05) is 10.5 Å². The Morgan fingerprint density at radius 2 is 2.45 bits per heavy atom. The molecule has 1 nitrogen and oxygen atoms in total. The van der Waals surface area contributed by atoms with Gasteiger partial charge in [-0.2, -0.15) is 0 Å². The van der Waals surface area contributed by atoms with Crippen LogP contribution in [0.15, 0.2) is 22.6 Å². The number of hydrogen-bond donors (Lipinski definition) is 0. The van der Waals surface area contributed by atoms with Gasteiger partial charge in [0.2, 0.25) is 0 Å². The Morgan fingerprint density at radius 3 is 3.27 bits per heavy atom.